The Morgan fingerprint density at radius 3 is 3.00 bits per heavy atom. The second-order valence-electron chi connectivity index (χ2n) is 5.93. The first kappa shape index (κ1) is 15.7. The lowest BCUT2D eigenvalue weighted by Gasteiger charge is -2.33. The SMILES string of the molecule is O=C1CCN(c2ccccn2)CC1COC1CC=C(Br)CC1. The molecule has 2 atom stereocenters. The quantitative estimate of drug-likeness (QED) is 0.821. The number of pyridine rings is 1. The van der Waals surface area contributed by atoms with Gasteiger partial charge in [-0.1, -0.05) is 28.1 Å². The average molecular weight is 365 g/mol. The van der Waals surface area contributed by atoms with E-state index in [4.69, 9.17) is 4.74 Å². The number of ketones is 1. The Bertz CT molecular complexity index is 547. The van der Waals surface area contributed by atoms with Gasteiger partial charge in [-0.15, -0.1) is 0 Å². The molecule has 5 heteroatoms. The zero-order valence-corrected chi connectivity index (χ0v) is 14.2. The first-order valence-electron chi connectivity index (χ1n) is 7.87. The van der Waals surface area contributed by atoms with Crippen LogP contribution in [0.25, 0.3) is 0 Å². The number of carbonyl (C=O) groups excluding carboxylic acids is 1. The second kappa shape index (κ2) is 7.38. The van der Waals surface area contributed by atoms with E-state index in [-0.39, 0.29) is 12.0 Å². The molecule has 1 aliphatic heterocycles. The van der Waals surface area contributed by atoms with E-state index in [9.17, 15) is 4.79 Å². The van der Waals surface area contributed by atoms with Gasteiger partial charge in [0.1, 0.15) is 11.6 Å². The third-order valence-corrected chi connectivity index (χ3v) is 5.06. The standard InChI is InChI=1S/C17H21BrN2O2/c18-14-4-6-15(7-5-14)22-12-13-11-20(10-8-16(13)21)17-3-1-2-9-19-17/h1-4,9,13,15H,5-8,10-12H2. The number of piperidine rings is 1. The van der Waals surface area contributed by atoms with Crippen LogP contribution in [0.3, 0.4) is 0 Å². The molecule has 0 bridgehead atoms. The number of hydrogen-bond acceptors (Lipinski definition) is 4. The summed E-state index contributed by atoms with van der Waals surface area (Å²) in [6.07, 6.45) is 7.80. The van der Waals surface area contributed by atoms with E-state index in [1.54, 1.807) is 6.20 Å². The number of carbonyl (C=O) groups is 1. The van der Waals surface area contributed by atoms with Gasteiger partial charge in [-0.25, -0.2) is 4.98 Å². The van der Waals surface area contributed by atoms with E-state index < -0.39 is 0 Å². The van der Waals surface area contributed by atoms with Crippen molar-refractivity contribution in [2.45, 2.75) is 31.8 Å². The van der Waals surface area contributed by atoms with E-state index in [0.29, 0.717) is 25.4 Å². The molecule has 0 radical (unpaired) electrons. The van der Waals surface area contributed by atoms with E-state index in [1.807, 2.05) is 18.2 Å². The van der Waals surface area contributed by atoms with Crippen LogP contribution in [-0.2, 0) is 9.53 Å². The summed E-state index contributed by atoms with van der Waals surface area (Å²) in [7, 11) is 0. The van der Waals surface area contributed by atoms with Crippen LogP contribution in [0, 0.1) is 5.92 Å². The van der Waals surface area contributed by atoms with Gasteiger partial charge in [-0.05, 0) is 35.9 Å². The van der Waals surface area contributed by atoms with Gasteiger partial charge in [0.2, 0.25) is 0 Å². The molecular weight excluding hydrogens is 344 g/mol. The minimum absolute atomic E-state index is 0.0369. The third kappa shape index (κ3) is 3.96. The van der Waals surface area contributed by atoms with Crippen molar-refractivity contribution < 1.29 is 9.53 Å². The summed E-state index contributed by atoms with van der Waals surface area (Å²) in [4.78, 5) is 18.7. The van der Waals surface area contributed by atoms with Crippen LogP contribution in [0.15, 0.2) is 35.0 Å². The lowest BCUT2D eigenvalue weighted by molar-refractivity contribution is -0.126. The molecule has 2 unspecified atom stereocenters. The van der Waals surface area contributed by atoms with Crippen molar-refractivity contribution in [2.75, 3.05) is 24.6 Å². The van der Waals surface area contributed by atoms with Gasteiger partial charge in [-0.3, -0.25) is 4.79 Å². The molecule has 0 N–H and O–H groups in total. The summed E-state index contributed by atoms with van der Waals surface area (Å²) < 4.78 is 7.26. The Balaban J connectivity index is 1.55. The van der Waals surface area contributed by atoms with Gasteiger partial charge in [0.05, 0.1) is 18.6 Å². The topological polar surface area (TPSA) is 42.4 Å². The second-order valence-corrected chi connectivity index (χ2v) is 6.95. The number of nitrogens with zero attached hydrogens (tertiary/aromatic N) is 2. The van der Waals surface area contributed by atoms with Crippen LogP contribution in [0.1, 0.15) is 25.7 Å². The summed E-state index contributed by atoms with van der Waals surface area (Å²) in [6, 6.07) is 5.89. The van der Waals surface area contributed by atoms with Crippen LogP contribution in [0.5, 0.6) is 0 Å². The maximum Gasteiger partial charge on any atom is 0.141 e. The maximum atomic E-state index is 12.1. The van der Waals surface area contributed by atoms with Crippen LogP contribution in [0.4, 0.5) is 5.82 Å². The molecule has 1 fully saturated rings. The van der Waals surface area contributed by atoms with Gasteiger partial charge >= 0.3 is 0 Å². The highest BCUT2D eigenvalue weighted by atomic mass is 79.9. The molecule has 2 aliphatic rings. The summed E-state index contributed by atoms with van der Waals surface area (Å²) in [5, 5.41) is 0. The molecule has 1 aliphatic carbocycles. The Hall–Kier alpha value is -1.20. The van der Waals surface area contributed by atoms with Crippen LogP contribution >= 0.6 is 15.9 Å². The molecule has 1 aromatic heterocycles. The average Bonchev–Trinajstić information content (AvgIpc) is 2.56. The van der Waals surface area contributed by atoms with E-state index >= 15 is 0 Å². The van der Waals surface area contributed by atoms with Crippen molar-refractivity contribution in [1.29, 1.82) is 0 Å². The molecule has 0 aromatic carbocycles. The van der Waals surface area contributed by atoms with E-state index in [0.717, 1.165) is 31.6 Å². The maximum absolute atomic E-state index is 12.1. The van der Waals surface area contributed by atoms with Crippen molar-refractivity contribution in [3.63, 3.8) is 0 Å². The lowest BCUT2D eigenvalue weighted by atomic mass is 9.97. The highest BCUT2D eigenvalue weighted by Gasteiger charge is 2.29. The minimum Gasteiger partial charge on any atom is -0.377 e. The summed E-state index contributed by atoms with van der Waals surface area (Å²) in [5.74, 6) is 1.23. The Labute approximate surface area is 139 Å². The minimum atomic E-state index is -0.0369. The fourth-order valence-corrected chi connectivity index (χ4v) is 3.40. The van der Waals surface area contributed by atoms with Crippen molar-refractivity contribution >= 4 is 27.5 Å². The largest absolute Gasteiger partial charge is 0.377 e. The molecule has 118 valence electrons. The fraction of sp³-hybridized carbons (Fsp3) is 0.529. The zero-order chi connectivity index (χ0) is 15.4. The third-order valence-electron chi connectivity index (χ3n) is 4.34. The normalized spacial score (nSPS) is 26.0. The summed E-state index contributed by atoms with van der Waals surface area (Å²) >= 11 is 3.52. The van der Waals surface area contributed by atoms with Gasteiger partial charge < -0.3 is 9.64 Å². The van der Waals surface area contributed by atoms with Crippen LogP contribution in [0.2, 0.25) is 0 Å². The lowest BCUT2D eigenvalue weighted by Crippen LogP contribution is -2.43. The first-order valence-corrected chi connectivity index (χ1v) is 8.66. The monoisotopic (exact) mass is 364 g/mol. The molecule has 2 heterocycles. The van der Waals surface area contributed by atoms with E-state index in [2.05, 4.69) is 31.9 Å². The predicted molar refractivity (Wildman–Crippen MR) is 90.2 cm³/mol. The Morgan fingerprint density at radius 1 is 1.36 bits per heavy atom. The highest BCUT2D eigenvalue weighted by molar-refractivity contribution is 9.11. The fourth-order valence-electron chi connectivity index (χ4n) is 2.98. The number of Topliss-reactive ketones (excluding diaryl/α,β-unsaturated/α-hetero) is 1. The zero-order valence-electron chi connectivity index (χ0n) is 12.6. The summed E-state index contributed by atoms with van der Waals surface area (Å²) in [6.45, 7) is 1.99. The number of anilines is 1. The van der Waals surface area contributed by atoms with Gasteiger partial charge in [0.25, 0.3) is 0 Å². The van der Waals surface area contributed by atoms with Gasteiger partial charge in [0.15, 0.2) is 0 Å². The molecule has 1 saturated heterocycles. The molecule has 1 aromatic rings. The van der Waals surface area contributed by atoms with Crippen molar-refractivity contribution in [3.05, 3.63) is 35.0 Å². The van der Waals surface area contributed by atoms with E-state index in [1.165, 1.54) is 4.48 Å². The number of aromatic nitrogens is 1. The number of allylic oxidation sites excluding steroid dienone is 1. The molecule has 0 spiro atoms. The van der Waals surface area contributed by atoms with Crippen molar-refractivity contribution in [1.82, 2.24) is 4.98 Å². The molecule has 0 saturated carbocycles. The molecule has 0 amide bonds. The molecule has 4 nitrogen and oxygen atoms in total. The van der Waals surface area contributed by atoms with Gasteiger partial charge in [-0.2, -0.15) is 0 Å². The van der Waals surface area contributed by atoms with Crippen LogP contribution in [-0.4, -0.2) is 36.6 Å². The number of ether oxygens (including phenoxy) is 1. The number of halogens is 1. The van der Waals surface area contributed by atoms with Crippen molar-refractivity contribution in [2.24, 2.45) is 5.92 Å². The number of hydrogen-bond donors (Lipinski definition) is 0. The number of rotatable bonds is 4. The molecular formula is C17H21BrN2O2. The summed E-state index contributed by atoms with van der Waals surface area (Å²) in [5.41, 5.74) is 0. The Morgan fingerprint density at radius 2 is 2.27 bits per heavy atom. The first-order chi connectivity index (χ1) is 10.7. The predicted octanol–water partition coefficient (Wildman–Crippen LogP) is 3.32. The highest BCUT2D eigenvalue weighted by Crippen LogP contribution is 2.26. The van der Waals surface area contributed by atoms with Crippen molar-refractivity contribution in [3.8, 4) is 0 Å². The molecule has 3 rings (SSSR count). The van der Waals surface area contributed by atoms with Gasteiger partial charge in [0, 0.05) is 25.7 Å². The smallest absolute Gasteiger partial charge is 0.141 e. The molecule has 22 heavy (non-hydrogen) atoms. The Kier molecular flexibility index (Phi) is 5.26. The van der Waals surface area contributed by atoms with Crippen LogP contribution < -0.4 is 4.90 Å².